The molecule has 0 aliphatic carbocycles. The zero-order valence-corrected chi connectivity index (χ0v) is 11.8. The van der Waals surface area contributed by atoms with E-state index in [1.807, 2.05) is 18.2 Å². The molecule has 0 atom stereocenters. The van der Waals surface area contributed by atoms with E-state index in [0.717, 1.165) is 0 Å². The van der Waals surface area contributed by atoms with Gasteiger partial charge in [-0.3, -0.25) is 0 Å². The highest BCUT2D eigenvalue weighted by atomic mass is 31.2. The number of unbranched alkanes of at least 4 members (excludes halogenated alkanes) is 3. The maximum absolute atomic E-state index is 8.41. The van der Waals surface area contributed by atoms with Crippen LogP contribution in [0.4, 0.5) is 0 Å². The zero-order chi connectivity index (χ0) is 14.2. The molecule has 0 rings (SSSR count). The van der Waals surface area contributed by atoms with Crippen molar-refractivity contribution in [2.24, 2.45) is 0 Å². The number of nitriles is 3. The molecule has 0 aromatic heterocycles. The highest BCUT2D eigenvalue weighted by Crippen LogP contribution is 2.40. The third kappa shape index (κ3) is 13.0. The molecule has 0 bridgehead atoms. The molecule has 7 heteroatoms. The van der Waals surface area contributed by atoms with Gasteiger partial charge in [-0.2, -0.15) is 15.8 Å². The standard InChI is InChI=1S/C12H18N3O3P/c13-7-1-4-10-16-19(17-11-5-2-8-14)18-12-6-3-9-15/h1-6,10-12H2. The first-order valence-corrected chi connectivity index (χ1v) is 7.24. The fraction of sp³-hybridized carbons (Fsp3) is 0.750. The fourth-order valence-corrected chi connectivity index (χ4v) is 2.04. The first-order chi connectivity index (χ1) is 9.35. The molecular formula is C12H18N3O3P. The monoisotopic (exact) mass is 283 g/mol. The van der Waals surface area contributed by atoms with Gasteiger partial charge in [-0.05, 0) is 19.3 Å². The first-order valence-electron chi connectivity index (χ1n) is 6.15. The van der Waals surface area contributed by atoms with E-state index in [-0.39, 0.29) is 0 Å². The summed E-state index contributed by atoms with van der Waals surface area (Å²) in [5.74, 6) is 0. The van der Waals surface area contributed by atoms with Crippen LogP contribution in [0.5, 0.6) is 0 Å². The Bertz CT molecular complexity index is 280. The lowest BCUT2D eigenvalue weighted by Crippen LogP contribution is -2.00. The van der Waals surface area contributed by atoms with E-state index >= 15 is 0 Å². The Morgan fingerprint density at radius 3 is 1.21 bits per heavy atom. The van der Waals surface area contributed by atoms with Crippen LogP contribution >= 0.6 is 8.60 Å². The van der Waals surface area contributed by atoms with Crippen molar-refractivity contribution in [3.8, 4) is 18.2 Å². The summed E-state index contributed by atoms with van der Waals surface area (Å²) in [5, 5.41) is 25.2. The minimum absolute atomic E-state index is 0.412. The predicted molar refractivity (Wildman–Crippen MR) is 69.3 cm³/mol. The Morgan fingerprint density at radius 2 is 0.947 bits per heavy atom. The molecule has 0 aliphatic rings. The van der Waals surface area contributed by atoms with Gasteiger partial charge in [-0.25, -0.2) is 0 Å². The average Bonchev–Trinajstić information content (AvgIpc) is 2.43. The Balaban J connectivity index is 3.77. The van der Waals surface area contributed by atoms with Crippen LogP contribution in [-0.4, -0.2) is 19.8 Å². The largest absolute Gasteiger partial charge is 0.332 e. The number of nitrogens with zero attached hydrogens (tertiary/aromatic N) is 3. The number of hydrogen-bond acceptors (Lipinski definition) is 6. The molecule has 6 nitrogen and oxygen atoms in total. The molecule has 0 fully saturated rings. The summed E-state index contributed by atoms with van der Waals surface area (Å²) < 4.78 is 16.2. The summed E-state index contributed by atoms with van der Waals surface area (Å²) in [6.07, 6.45) is 3.22. The Morgan fingerprint density at radius 1 is 0.632 bits per heavy atom. The van der Waals surface area contributed by atoms with E-state index in [0.29, 0.717) is 58.3 Å². The topological polar surface area (TPSA) is 99.1 Å². The second-order valence-electron chi connectivity index (χ2n) is 3.51. The normalized spacial score (nSPS) is 9.79. The molecule has 0 amide bonds. The quantitative estimate of drug-likeness (QED) is 0.403. The van der Waals surface area contributed by atoms with Crippen molar-refractivity contribution in [3.05, 3.63) is 0 Å². The maximum atomic E-state index is 8.41. The van der Waals surface area contributed by atoms with E-state index in [4.69, 9.17) is 29.4 Å². The molecule has 19 heavy (non-hydrogen) atoms. The summed E-state index contributed by atoms with van der Waals surface area (Å²) >= 11 is 0. The third-order valence-electron chi connectivity index (χ3n) is 1.89. The van der Waals surface area contributed by atoms with Crippen LogP contribution in [0, 0.1) is 34.0 Å². The van der Waals surface area contributed by atoms with E-state index in [2.05, 4.69) is 0 Å². The van der Waals surface area contributed by atoms with Crippen molar-refractivity contribution in [3.63, 3.8) is 0 Å². The van der Waals surface area contributed by atoms with Crippen LogP contribution < -0.4 is 0 Å². The zero-order valence-electron chi connectivity index (χ0n) is 10.9. The molecule has 0 saturated carbocycles. The lowest BCUT2D eigenvalue weighted by molar-refractivity contribution is 0.157. The smallest absolute Gasteiger partial charge is 0.312 e. The summed E-state index contributed by atoms with van der Waals surface area (Å²) in [4.78, 5) is 0. The van der Waals surface area contributed by atoms with Crippen molar-refractivity contribution in [2.45, 2.75) is 38.5 Å². The number of rotatable bonds is 12. The summed E-state index contributed by atoms with van der Waals surface area (Å²) in [6.45, 7) is 1.24. The molecular weight excluding hydrogens is 265 g/mol. The van der Waals surface area contributed by atoms with Gasteiger partial charge in [0.2, 0.25) is 0 Å². The lowest BCUT2D eigenvalue weighted by atomic mass is 10.4. The minimum atomic E-state index is -1.44. The molecule has 0 heterocycles. The van der Waals surface area contributed by atoms with E-state index in [9.17, 15) is 0 Å². The highest BCUT2D eigenvalue weighted by molar-refractivity contribution is 7.41. The van der Waals surface area contributed by atoms with Crippen LogP contribution in [-0.2, 0) is 13.6 Å². The van der Waals surface area contributed by atoms with Crippen molar-refractivity contribution >= 4 is 8.60 Å². The van der Waals surface area contributed by atoms with Crippen molar-refractivity contribution < 1.29 is 13.6 Å². The molecule has 0 spiro atoms. The molecule has 0 unspecified atom stereocenters. The first kappa shape index (κ1) is 17.8. The van der Waals surface area contributed by atoms with E-state index in [1.165, 1.54) is 0 Å². The van der Waals surface area contributed by atoms with Gasteiger partial charge >= 0.3 is 8.60 Å². The van der Waals surface area contributed by atoms with Crippen LogP contribution in [0.25, 0.3) is 0 Å². The molecule has 0 aromatic carbocycles. The minimum Gasteiger partial charge on any atom is -0.312 e. The second-order valence-corrected chi connectivity index (χ2v) is 4.73. The molecule has 0 radical (unpaired) electrons. The third-order valence-corrected chi connectivity index (χ3v) is 3.07. The summed E-state index contributed by atoms with van der Waals surface area (Å²) in [7, 11) is -1.44. The molecule has 0 aromatic rings. The van der Waals surface area contributed by atoms with Gasteiger partial charge in [0.25, 0.3) is 0 Å². The Hall–Kier alpha value is -1.22. The highest BCUT2D eigenvalue weighted by Gasteiger charge is 2.12. The van der Waals surface area contributed by atoms with Gasteiger partial charge < -0.3 is 13.6 Å². The van der Waals surface area contributed by atoms with Crippen LogP contribution in [0.1, 0.15) is 38.5 Å². The van der Waals surface area contributed by atoms with Crippen molar-refractivity contribution in [1.82, 2.24) is 0 Å². The van der Waals surface area contributed by atoms with Gasteiger partial charge in [-0.15, -0.1) is 0 Å². The van der Waals surface area contributed by atoms with Gasteiger partial charge in [0, 0.05) is 19.3 Å². The SMILES string of the molecule is N#CCCCOP(OCCCC#N)OCCCC#N. The predicted octanol–water partition coefficient (Wildman–Crippen LogP) is 3.17. The maximum Gasteiger partial charge on any atom is 0.332 e. The van der Waals surface area contributed by atoms with Crippen LogP contribution in [0.3, 0.4) is 0 Å². The molecule has 0 saturated heterocycles. The summed E-state index contributed by atoms with van der Waals surface area (Å²) in [6, 6.07) is 6.10. The number of hydrogen-bond donors (Lipinski definition) is 0. The average molecular weight is 283 g/mol. The fourth-order valence-electron chi connectivity index (χ4n) is 0.983. The van der Waals surface area contributed by atoms with Crippen molar-refractivity contribution in [1.29, 1.82) is 15.8 Å². The van der Waals surface area contributed by atoms with Gasteiger partial charge in [0.05, 0.1) is 38.0 Å². The summed E-state index contributed by atoms with van der Waals surface area (Å²) in [5.41, 5.74) is 0. The van der Waals surface area contributed by atoms with Gasteiger partial charge in [0.15, 0.2) is 0 Å². The lowest BCUT2D eigenvalue weighted by Gasteiger charge is -2.15. The van der Waals surface area contributed by atoms with Crippen LogP contribution in [0.2, 0.25) is 0 Å². The molecule has 104 valence electrons. The van der Waals surface area contributed by atoms with E-state index < -0.39 is 8.60 Å². The molecule has 0 N–H and O–H groups in total. The van der Waals surface area contributed by atoms with Crippen LogP contribution in [0.15, 0.2) is 0 Å². The molecule has 0 aliphatic heterocycles. The van der Waals surface area contributed by atoms with Crippen molar-refractivity contribution in [2.75, 3.05) is 19.8 Å². The Kier molecular flexibility index (Phi) is 13.9. The second kappa shape index (κ2) is 14.8. The van der Waals surface area contributed by atoms with Gasteiger partial charge in [-0.1, -0.05) is 0 Å². The van der Waals surface area contributed by atoms with E-state index in [1.54, 1.807) is 0 Å². The van der Waals surface area contributed by atoms with Gasteiger partial charge in [0.1, 0.15) is 0 Å². The Labute approximate surface area is 115 Å².